The number of amidine groups is 1. The number of benzene rings is 1. The van der Waals surface area contributed by atoms with E-state index in [2.05, 4.69) is 10.1 Å². The molecule has 0 bridgehead atoms. The fourth-order valence-corrected chi connectivity index (χ4v) is 2.03. The van der Waals surface area contributed by atoms with E-state index in [1.807, 2.05) is 6.92 Å². The minimum atomic E-state index is -0.387. The van der Waals surface area contributed by atoms with Gasteiger partial charge in [0.05, 0.1) is 0 Å². The highest BCUT2D eigenvalue weighted by Crippen LogP contribution is 2.33. The third-order valence-electron chi connectivity index (χ3n) is 2.98. The van der Waals surface area contributed by atoms with Crippen LogP contribution in [0, 0.1) is 5.82 Å². The second-order valence-corrected chi connectivity index (χ2v) is 4.16. The zero-order chi connectivity index (χ0) is 12.4. The van der Waals surface area contributed by atoms with Crippen molar-refractivity contribution in [3.63, 3.8) is 0 Å². The maximum atomic E-state index is 13.2. The van der Waals surface area contributed by atoms with Crippen molar-refractivity contribution in [1.29, 1.82) is 0 Å². The first-order valence-electron chi connectivity index (χ1n) is 5.71. The molecule has 5 heteroatoms. The summed E-state index contributed by atoms with van der Waals surface area (Å²) in [6.07, 6.45) is 2.28. The maximum Gasteiger partial charge on any atom is 0.172 e. The van der Waals surface area contributed by atoms with Crippen LogP contribution in [0.3, 0.4) is 0 Å². The van der Waals surface area contributed by atoms with E-state index in [-0.39, 0.29) is 11.7 Å². The number of nitrogens with zero attached hydrogens (tertiary/aromatic N) is 2. The molecule has 0 spiro atoms. The van der Waals surface area contributed by atoms with Crippen molar-refractivity contribution in [3.05, 3.63) is 29.6 Å². The van der Waals surface area contributed by atoms with E-state index >= 15 is 0 Å². The average molecular weight is 237 g/mol. The van der Waals surface area contributed by atoms with Crippen LogP contribution in [0.15, 0.2) is 23.4 Å². The van der Waals surface area contributed by atoms with Gasteiger partial charge in [0.2, 0.25) is 0 Å². The van der Waals surface area contributed by atoms with E-state index in [9.17, 15) is 4.39 Å². The first-order chi connectivity index (χ1) is 8.17. The SMILES string of the molecule is CCN(c1ccc(F)cc1C(N)=NO)C1CC1. The van der Waals surface area contributed by atoms with Crippen LogP contribution in [0.1, 0.15) is 25.3 Å². The lowest BCUT2D eigenvalue weighted by Gasteiger charge is -2.25. The molecule has 0 aromatic heterocycles. The van der Waals surface area contributed by atoms with Gasteiger partial charge in [0.1, 0.15) is 5.82 Å². The fourth-order valence-electron chi connectivity index (χ4n) is 2.03. The van der Waals surface area contributed by atoms with Crippen molar-refractivity contribution in [3.8, 4) is 0 Å². The Bertz CT molecular complexity index is 443. The summed E-state index contributed by atoms with van der Waals surface area (Å²) in [6.45, 7) is 2.86. The monoisotopic (exact) mass is 237 g/mol. The van der Waals surface area contributed by atoms with E-state index < -0.39 is 0 Å². The van der Waals surface area contributed by atoms with Crippen LogP contribution in [0.5, 0.6) is 0 Å². The third kappa shape index (κ3) is 2.33. The Hall–Kier alpha value is -1.78. The van der Waals surface area contributed by atoms with Crippen LogP contribution < -0.4 is 10.6 Å². The first kappa shape index (κ1) is 11.7. The zero-order valence-electron chi connectivity index (χ0n) is 9.73. The Balaban J connectivity index is 2.44. The molecule has 0 amide bonds. The van der Waals surface area contributed by atoms with Gasteiger partial charge in [-0.3, -0.25) is 0 Å². The van der Waals surface area contributed by atoms with Gasteiger partial charge in [-0.2, -0.15) is 0 Å². The molecule has 0 aliphatic heterocycles. The topological polar surface area (TPSA) is 61.8 Å². The van der Waals surface area contributed by atoms with Gasteiger partial charge < -0.3 is 15.8 Å². The van der Waals surface area contributed by atoms with Gasteiger partial charge >= 0.3 is 0 Å². The quantitative estimate of drug-likeness (QED) is 0.364. The number of halogens is 1. The predicted molar refractivity (Wildman–Crippen MR) is 65.0 cm³/mol. The summed E-state index contributed by atoms with van der Waals surface area (Å²) in [4.78, 5) is 2.16. The van der Waals surface area contributed by atoms with Gasteiger partial charge in [0.15, 0.2) is 5.84 Å². The van der Waals surface area contributed by atoms with Crippen LogP contribution in [0.2, 0.25) is 0 Å². The molecule has 0 unspecified atom stereocenters. The van der Waals surface area contributed by atoms with Crippen LogP contribution >= 0.6 is 0 Å². The Kier molecular flexibility index (Phi) is 3.17. The molecule has 92 valence electrons. The highest BCUT2D eigenvalue weighted by molar-refractivity contribution is 6.02. The molecular weight excluding hydrogens is 221 g/mol. The highest BCUT2D eigenvalue weighted by Gasteiger charge is 2.29. The normalized spacial score (nSPS) is 16.0. The number of anilines is 1. The minimum Gasteiger partial charge on any atom is -0.409 e. The predicted octanol–water partition coefficient (Wildman–Crippen LogP) is 1.91. The Morgan fingerprint density at radius 3 is 2.82 bits per heavy atom. The highest BCUT2D eigenvalue weighted by atomic mass is 19.1. The summed E-state index contributed by atoms with van der Waals surface area (Å²) in [5.74, 6) is -0.444. The van der Waals surface area contributed by atoms with Gasteiger partial charge in [-0.15, -0.1) is 0 Å². The number of nitrogens with two attached hydrogens (primary N) is 1. The molecule has 0 heterocycles. The van der Waals surface area contributed by atoms with E-state index in [1.165, 1.54) is 12.1 Å². The number of hydrogen-bond acceptors (Lipinski definition) is 3. The Morgan fingerprint density at radius 1 is 1.59 bits per heavy atom. The van der Waals surface area contributed by atoms with Crippen molar-refractivity contribution in [2.24, 2.45) is 10.9 Å². The van der Waals surface area contributed by atoms with Gasteiger partial charge in [-0.05, 0) is 38.0 Å². The lowest BCUT2D eigenvalue weighted by Crippen LogP contribution is -2.28. The summed E-state index contributed by atoms with van der Waals surface area (Å²) in [7, 11) is 0. The molecule has 1 aromatic rings. The van der Waals surface area contributed by atoms with Crippen molar-refractivity contribution in [2.75, 3.05) is 11.4 Å². The van der Waals surface area contributed by atoms with Gasteiger partial charge in [0, 0.05) is 23.8 Å². The lowest BCUT2D eigenvalue weighted by atomic mass is 10.1. The summed E-state index contributed by atoms with van der Waals surface area (Å²) in [6, 6.07) is 4.88. The molecule has 17 heavy (non-hydrogen) atoms. The standard InChI is InChI=1S/C12H16FN3O/c1-2-16(9-4-5-9)11-6-3-8(13)7-10(11)12(14)15-17/h3,6-7,9,17H,2,4-5H2,1H3,(H2,14,15). The molecule has 4 nitrogen and oxygen atoms in total. The Labute approximate surface area is 99.5 Å². The van der Waals surface area contributed by atoms with Crippen LogP contribution in [0.4, 0.5) is 10.1 Å². The molecular formula is C12H16FN3O. The van der Waals surface area contributed by atoms with E-state index in [0.717, 1.165) is 25.1 Å². The summed E-state index contributed by atoms with van der Waals surface area (Å²) in [5, 5.41) is 11.7. The number of rotatable bonds is 4. The molecule has 0 saturated heterocycles. The molecule has 1 aromatic carbocycles. The smallest absolute Gasteiger partial charge is 0.172 e. The van der Waals surface area contributed by atoms with Crippen molar-refractivity contribution in [1.82, 2.24) is 0 Å². The number of hydrogen-bond donors (Lipinski definition) is 2. The first-order valence-corrected chi connectivity index (χ1v) is 5.71. The van der Waals surface area contributed by atoms with Crippen LogP contribution in [0.25, 0.3) is 0 Å². The molecule has 2 rings (SSSR count). The largest absolute Gasteiger partial charge is 0.409 e. The van der Waals surface area contributed by atoms with Crippen molar-refractivity contribution in [2.45, 2.75) is 25.8 Å². The van der Waals surface area contributed by atoms with Crippen LogP contribution in [-0.4, -0.2) is 23.6 Å². The maximum absolute atomic E-state index is 13.2. The summed E-state index contributed by atoms with van der Waals surface area (Å²) < 4.78 is 13.2. The fraction of sp³-hybridized carbons (Fsp3) is 0.417. The van der Waals surface area contributed by atoms with E-state index in [4.69, 9.17) is 10.9 Å². The molecule has 1 aliphatic carbocycles. The van der Waals surface area contributed by atoms with E-state index in [1.54, 1.807) is 6.07 Å². The van der Waals surface area contributed by atoms with Crippen molar-refractivity contribution >= 4 is 11.5 Å². The van der Waals surface area contributed by atoms with Crippen molar-refractivity contribution < 1.29 is 9.60 Å². The molecule has 0 atom stereocenters. The second kappa shape index (κ2) is 4.61. The molecule has 0 radical (unpaired) electrons. The molecule has 1 aliphatic rings. The minimum absolute atomic E-state index is 0.0569. The van der Waals surface area contributed by atoms with Gasteiger partial charge in [-0.25, -0.2) is 4.39 Å². The summed E-state index contributed by atoms with van der Waals surface area (Å²) >= 11 is 0. The Morgan fingerprint density at radius 2 is 2.29 bits per heavy atom. The lowest BCUT2D eigenvalue weighted by molar-refractivity contribution is 0.318. The van der Waals surface area contributed by atoms with Gasteiger partial charge in [-0.1, -0.05) is 5.16 Å². The molecule has 1 saturated carbocycles. The van der Waals surface area contributed by atoms with Gasteiger partial charge in [0.25, 0.3) is 0 Å². The summed E-state index contributed by atoms with van der Waals surface area (Å²) in [5.41, 5.74) is 6.85. The number of oxime groups is 1. The second-order valence-electron chi connectivity index (χ2n) is 4.16. The van der Waals surface area contributed by atoms with E-state index in [0.29, 0.717) is 11.6 Å². The third-order valence-corrected chi connectivity index (χ3v) is 2.98. The molecule has 3 N–H and O–H groups in total. The average Bonchev–Trinajstić information content (AvgIpc) is 3.15. The zero-order valence-corrected chi connectivity index (χ0v) is 9.73. The van der Waals surface area contributed by atoms with Crippen LogP contribution in [-0.2, 0) is 0 Å². The molecule has 1 fully saturated rings.